The lowest BCUT2D eigenvalue weighted by Crippen LogP contribution is -2.45. The molecule has 2 rings (SSSR count). The molecule has 110 valence electrons. The molecule has 0 aliphatic carbocycles. The van der Waals surface area contributed by atoms with Gasteiger partial charge in [0, 0.05) is 5.75 Å². The molecular formula is C13H17NO4S2. The van der Waals surface area contributed by atoms with Crippen LogP contribution in [0.5, 0.6) is 0 Å². The largest absolute Gasteiger partial charge is 0.480 e. The Balaban J connectivity index is 2.47. The van der Waals surface area contributed by atoms with Gasteiger partial charge in [0.1, 0.15) is 6.04 Å². The van der Waals surface area contributed by atoms with E-state index >= 15 is 0 Å². The van der Waals surface area contributed by atoms with Crippen molar-refractivity contribution in [3.63, 3.8) is 0 Å². The van der Waals surface area contributed by atoms with E-state index in [1.165, 1.54) is 17.8 Å². The first kappa shape index (κ1) is 15.3. The summed E-state index contributed by atoms with van der Waals surface area (Å²) in [6, 6.07) is 5.57. The van der Waals surface area contributed by atoms with Crippen LogP contribution >= 0.6 is 11.8 Å². The zero-order chi connectivity index (χ0) is 14.9. The molecule has 1 aromatic rings. The highest BCUT2D eigenvalue weighted by atomic mass is 32.2. The summed E-state index contributed by atoms with van der Waals surface area (Å²) in [6.07, 6.45) is 0.583. The zero-order valence-corrected chi connectivity index (χ0v) is 12.9. The summed E-state index contributed by atoms with van der Waals surface area (Å²) >= 11 is 1.38. The van der Waals surface area contributed by atoms with Gasteiger partial charge in [-0.15, -0.1) is 11.8 Å². The van der Waals surface area contributed by atoms with Crippen molar-refractivity contribution in [1.82, 2.24) is 4.31 Å². The molecule has 0 aromatic heterocycles. The molecule has 2 unspecified atom stereocenters. The molecule has 20 heavy (non-hydrogen) atoms. The second-order valence-electron chi connectivity index (χ2n) is 4.70. The summed E-state index contributed by atoms with van der Waals surface area (Å²) in [5.41, 5.74) is 0.831. The fourth-order valence-electron chi connectivity index (χ4n) is 2.25. The number of nitrogens with zero attached hydrogens (tertiary/aromatic N) is 1. The van der Waals surface area contributed by atoms with Crippen LogP contribution in [0.2, 0.25) is 0 Å². The van der Waals surface area contributed by atoms with Crippen LogP contribution in [-0.2, 0) is 14.8 Å². The highest BCUT2D eigenvalue weighted by Gasteiger charge is 2.45. The number of benzene rings is 1. The Labute approximate surface area is 123 Å². The molecule has 5 nitrogen and oxygen atoms in total. The van der Waals surface area contributed by atoms with Crippen LogP contribution in [0.1, 0.15) is 18.9 Å². The fraction of sp³-hybridized carbons (Fsp3) is 0.462. The van der Waals surface area contributed by atoms with Gasteiger partial charge >= 0.3 is 5.97 Å². The SMILES string of the molecule is CCC1SCC(C(=O)O)N1S(=O)(=O)c1cccc(C)c1. The third-order valence-corrected chi connectivity index (χ3v) is 6.74. The number of hydrogen-bond donors (Lipinski definition) is 1. The van der Waals surface area contributed by atoms with Crippen molar-refractivity contribution in [1.29, 1.82) is 0 Å². The Morgan fingerprint density at radius 3 is 2.75 bits per heavy atom. The van der Waals surface area contributed by atoms with Gasteiger partial charge in [-0.05, 0) is 31.0 Å². The molecule has 1 fully saturated rings. The highest BCUT2D eigenvalue weighted by molar-refractivity contribution is 8.01. The summed E-state index contributed by atoms with van der Waals surface area (Å²) < 4.78 is 26.6. The molecule has 1 heterocycles. The van der Waals surface area contributed by atoms with Crippen molar-refractivity contribution in [2.45, 2.75) is 36.6 Å². The molecule has 1 saturated heterocycles. The number of carboxylic acids is 1. The van der Waals surface area contributed by atoms with Crippen molar-refractivity contribution in [3.05, 3.63) is 29.8 Å². The van der Waals surface area contributed by atoms with E-state index in [-0.39, 0.29) is 10.3 Å². The lowest BCUT2D eigenvalue weighted by atomic mass is 10.2. The highest BCUT2D eigenvalue weighted by Crippen LogP contribution is 2.36. The second-order valence-corrected chi connectivity index (χ2v) is 7.76. The van der Waals surface area contributed by atoms with E-state index in [0.717, 1.165) is 9.87 Å². The van der Waals surface area contributed by atoms with E-state index in [2.05, 4.69) is 0 Å². The lowest BCUT2D eigenvalue weighted by molar-refractivity contribution is -0.140. The van der Waals surface area contributed by atoms with E-state index in [9.17, 15) is 18.3 Å². The smallest absolute Gasteiger partial charge is 0.322 e. The number of carboxylic acid groups (broad SMARTS) is 1. The molecule has 1 aromatic carbocycles. The molecule has 0 amide bonds. The third-order valence-electron chi connectivity index (χ3n) is 3.24. The van der Waals surface area contributed by atoms with Crippen molar-refractivity contribution >= 4 is 27.8 Å². The minimum Gasteiger partial charge on any atom is -0.480 e. The van der Waals surface area contributed by atoms with Gasteiger partial charge in [0.05, 0.1) is 10.3 Å². The van der Waals surface area contributed by atoms with Crippen LogP contribution in [0.4, 0.5) is 0 Å². The molecule has 0 saturated carbocycles. The molecule has 0 bridgehead atoms. The van der Waals surface area contributed by atoms with Gasteiger partial charge in [0.25, 0.3) is 0 Å². The number of rotatable bonds is 4. The van der Waals surface area contributed by atoms with Crippen LogP contribution < -0.4 is 0 Å². The second kappa shape index (κ2) is 5.75. The minimum absolute atomic E-state index is 0.157. The molecule has 1 aliphatic rings. The molecule has 2 atom stereocenters. The number of thioether (sulfide) groups is 1. The quantitative estimate of drug-likeness (QED) is 0.919. The number of hydrogen-bond acceptors (Lipinski definition) is 4. The van der Waals surface area contributed by atoms with Gasteiger partial charge in [-0.25, -0.2) is 8.42 Å². The number of sulfonamides is 1. The first-order valence-corrected chi connectivity index (χ1v) is 8.81. The first-order valence-electron chi connectivity index (χ1n) is 6.32. The average molecular weight is 315 g/mol. The molecule has 7 heteroatoms. The Hall–Kier alpha value is -1.05. The summed E-state index contributed by atoms with van der Waals surface area (Å²) in [5.74, 6) is -0.802. The van der Waals surface area contributed by atoms with Gasteiger partial charge < -0.3 is 5.11 Å². The molecule has 0 radical (unpaired) electrons. The van der Waals surface area contributed by atoms with Gasteiger partial charge in [-0.1, -0.05) is 19.1 Å². The lowest BCUT2D eigenvalue weighted by Gasteiger charge is -2.25. The number of aryl methyl sites for hydroxylation is 1. The van der Waals surface area contributed by atoms with Crippen molar-refractivity contribution in [2.75, 3.05) is 5.75 Å². The summed E-state index contributed by atoms with van der Waals surface area (Å²) in [5, 5.41) is 8.92. The van der Waals surface area contributed by atoms with Crippen molar-refractivity contribution in [3.8, 4) is 0 Å². The van der Waals surface area contributed by atoms with Crippen LogP contribution in [0, 0.1) is 6.92 Å². The van der Waals surface area contributed by atoms with Crippen molar-refractivity contribution in [2.24, 2.45) is 0 Å². The predicted molar refractivity (Wildman–Crippen MR) is 78.2 cm³/mol. The number of carbonyl (C=O) groups is 1. The Bertz CT molecular complexity index is 615. The molecule has 1 aliphatic heterocycles. The van der Waals surface area contributed by atoms with Crippen molar-refractivity contribution < 1.29 is 18.3 Å². The van der Waals surface area contributed by atoms with E-state index in [4.69, 9.17) is 0 Å². The monoisotopic (exact) mass is 315 g/mol. The van der Waals surface area contributed by atoms with Crippen LogP contribution in [0.3, 0.4) is 0 Å². The molecular weight excluding hydrogens is 298 g/mol. The van der Waals surface area contributed by atoms with Crippen LogP contribution in [0.15, 0.2) is 29.2 Å². The average Bonchev–Trinajstić information content (AvgIpc) is 2.83. The Morgan fingerprint density at radius 2 is 2.20 bits per heavy atom. The van der Waals surface area contributed by atoms with E-state index in [1.807, 2.05) is 19.9 Å². The van der Waals surface area contributed by atoms with E-state index in [0.29, 0.717) is 12.2 Å². The van der Waals surface area contributed by atoms with Gasteiger partial charge in [0.2, 0.25) is 10.0 Å². The van der Waals surface area contributed by atoms with E-state index in [1.54, 1.807) is 12.1 Å². The maximum atomic E-state index is 12.7. The summed E-state index contributed by atoms with van der Waals surface area (Å²) in [7, 11) is -3.78. The first-order chi connectivity index (χ1) is 9.37. The fourth-order valence-corrected chi connectivity index (χ4v) is 5.89. The third kappa shape index (κ3) is 2.70. The summed E-state index contributed by atoms with van der Waals surface area (Å²) in [4.78, 5) is 11.5. The zero-order valence-electron chi connectivity index (χ0n) is 11.3. The standard InChI is InChI=1S/C13H17NO4S2/c1-3-12-14(11(8-19-12)13(15)16)20(17,18)10-6-4-5-9(2)7-10/h4-7,11-12H,3,8H2,1-2H3,(H,15,16). The molecule has 0 spiro atoms. The Morgan fingerprint density at radius 1 is 1.50 bits per heavy atom. The van der Waals surface area contributed by atoms with Gasteiger partial charge in [0.15, 0.2) is 0 Å². The minimum atomic E-state index is -3.78. The number of aliphatic carboxylic acids is 1. The van der Waals surface area contributed by atoms with Crippen LogP contribution in [-0.4, -0.2) is 41.0 Å². The van der Waals surface area contributed by atoms with Gasteiger partial charge in [-0.3, -0.25) is 4.79 Å². The maximum Gasteiger partial charge on any atom is 0.322 e. The normalized spacial score (nSPS) is 23.9. The Kier molecular flexibility index (Phi) is 4.41. The molecule has 1 N–H and O–H groups in total. The van der Waals surface area contributed by atoms with E-state index < -0.39 is 22.0 Å². The topological polar surface area (TPSA) is 74.7 Å². The maximum absolute atomic E-state index is 12.7. The predicted octanol–water partition coefficient (Wildman–Crippen LogP) is 1.92. The van der Waals surface area contributed by atoms with Gasteiger partial charge in [-0.2, -0.15) is 4.31 Å². The van der Waals surface area contributed by atoms with Crippen LogP contribution in [0.25, 0.3) is 0 Å². The summed E-state index contributed by atoms with van der Waals surface area (Å²) in [6.45, 7) is 3.67.